The Balaban J connectivity index is 1.57. The fourth-order valence-electron chi connectivity index (χ4n) is 3.95. The Morgan fingerprint density at radius 1 is 1.13 bits per heavy atom. The molecule has 2 heterocycles. The van der Waals surface area contributed by atoms with E-state index in [9.17, 15) is 8.42 Å². The summed E-state index contributed by atoms with van der Waals surface area (Å²) in [4.78, 5) is 0. The highest BCUT2D eigenvalue weighted by Gasteiger charge is 2.47. The van der Waals surface area contributed by atoms with Gasteiger partial charge in [-0.1, -0.05) is 6.92 Å². The van der Waals surface area contributed by atoms with Gasteiger partial charge >= 0.3 is 0 Å². The van der Waals surface area contributed by atoms with Crippen LogP contribution in [0.1, 0.15) is 39.0 Å². The Bertz CT molecular complexity index is 477. The molecule has 7 heteroatoms. The number of sulfonamides is 1. The number of rotatable bonds is 6. The van der Waals surface area contributed by atoms with Crippen LogP contribution < -0.4 is 0 Å². The fourth-order valence-corrected chi connectivity index (χ4v) is 5.69. The summed E-state index contributed by atoms with van der Waals surface area (Å²) >= 11 is 0. The van der Waals surface area contributed by atoms with Crippen molar-refractivity contribution in [1.82, 2.24) is 4.31 Å². The molecule has 0 radical (unpaired) electrons. The first kappa shape index (κ1) is 17.6. The lowest BCUT2D eigenvalue weighted by molar-refractivity contribution is -0.106. The molecule has 3 atom stereocenters. The summed E-state index contributed by atoms with van der Waals surface area (Å²) in [5.74, 6) is 0.787. The van der Waals surface area contributed by atoms with Crippen LogP contribution >= 0.6 is 0 Å². The molecule has 0 aromatic heterocycles. The highest BCUT2D eigenvalue weighted by Crippen LogP contribution is 2.34. The van der Waals surface area contributed by atoms with Crippen LogP contribution in [0.3, 0.4) is 0 Å². The second-order valence-electron chi connectivity index (χ2n) is 6.83. The minimum atomic E-state index is -3.17. The van der Waals surface area contributed by atoms with Gasteiger partial charge in [-0.25, -0.2) is 8.42 Å². The van der Waals surface area contributed by atoms with Crippen molar-refractivity contribution in [3.8, 4) is 0 Å². The van der Waals surface area contributed by atoms with Crippen LogP contribution in [0.2, 0.25) is 0 Å². The second kappa shape index (κ2) is 7.78. The smallest absolute Gasteiger partial charge is 0.214 e. The van der Waals surface area contributed by atoms with Crippen LogP contribution in [0.15, 0.2) is 0 Å². The number of nitrogens with zero attached hydrogens (tertiary/aromatic N) is 1. The van der Waals surface area contributed by atoms with Gasteiger partial charge in [0.2, 0.25) is 10.0 Å². The summed E-state index contributed by atoms with van der Waals surface area (Å²) in [6.45, 7) is 5.25. The largest absolute Gasteiger partial charge is 0.381 e. The lowest BCUT2D eigenvalue weighted by atomic mass is 10.0. The molecule has 0 spiro atoms. The van der Waals surface area contributed by atoms with Crippen LogP contribution in [-0.4, -0.2) is 69.7 Å². The number of ether oxygens (including phenoxy) is 3. The summed E-state index contributed by atoms with van der Waals surface area (Å²) in [6, 6.07) is -0.0417. The Morgan fingerprint density at radius 2 is 1.91 bits per heavy atom. The average molecular weight is 347 g/mol. The van der Waals surface area contributed by atoms with E-state index >= 15 is 0 Å². The molecule has 0 unspecified atom stereocenters. The van der Waals surface area contributed by atoms with Crippen molar-refractivity contribution >= 4 is 10.0 Å². The normalized spacial score (nSPS) is 33.7. The second-order valence-corrected chi connectivity index (χ2v) is 8.88. The van der Waals surface area contributed by atoms with Gasteiger partial charge in [-0.15, -0.1) is 0 Å². The van der Waals surface area contributed by atoms with Gasteiger partial charge in [-0.3, -0.25) is 0 Å². The molecule has 0 N–H and O–H groups in total. The number of fused-ring (bicyclic) bond motifs is 1. The molecule has 2 saturated heterocycles. The number of morpholine rings is 1. The minimum Gasteiger partial charge on any atom is -0.381 e. The SMILES string of the molecule is CCCS(=O)(=O)N1CCO[C@H]2[C@H](OCC3CCOCC3)CC[C@@H]21. The van der Waals surface area contributed by atoms with Gasteiger partial charge in [0, 0.05) is 19.8 Å². The Morgan fingerprint density at radius 3 is 2.65 bits per heavy atom. The summed E-state index contributed by atoms with van der Waals surface area (Å²) in [6.07, 6.45) is 4.42. The number of hydrogen-bond donors (Lipinski definition) is 0. The van der Waals surface area contributed by atoms with Gasteiger partial charge in [0.25, 0.3) is 0 Å². The predicted octanol–water partition coefficient (Wildman–Crippen LogP) is 1.40. The molecule has 0 amide bonds. The topological polar surface area (TPSA) is 65.1 Å². The minimum absolute atomic E-state index is 0.0301. The standard InChI is InChI=1S/C16H29NO5S/c1-2-11-23(18,19)17-7-10-21-16-14(17)3-4-15(16)22-12-13-5-8-20-9-6-13/h13-16H,2-12H2,1H3/t14-,15+,16+/m0/s1. The first-order chi connectivity index (χ1) is 11.1. The fraction of sp³-hybridized carbons (Fsp3) is 1.00. The molecule has 3 fully saturated rings. The molecule has 1 saturated carbocycles. The van der Waals surface area contributed by atoms with E-state index in [1.165, 1.54) is 0 Å². The lowest BCUT2D eigenvalue weighted by Crippen LogP contribution is -2.54. The summed E-state index contributed by atoms with van der Waals surface area (Å²) in [5, 5.41) is 0. The van der Waals surface area contributed by atoms with E-state index < -0.39 is 10.0 Å². The van der Waals surface area contributed by atoms with Crippen LogP contribution in [0.4, 0.5) is 0 Å². The Hall–Kier alpha value is -0.210. The highest BCUT2D eigenvalue weighted by atomic mass is 32.2. The van der Waals surface area contributed by atoms with E-state index in [1.807, 2.05) is 6.92 Å². The van der Waals surface area contributed by atoms with Gasteiger partial charge in [-0.05, 0) is 38.0 Å². The summed E-state index contributed by atoms with van der Waals surface area (Å²) in [5.41, 5.74) is 0. The molecular weight excluding hydrogens is 318 g/mol. The van der Waals surface area contributed by atoms with E-state index in [1.54, 1.807) is 4.31 Å². The molecule has 0 bridgehead atoms. The third-order valence-corrected chi connectivity index (χ3v) is 7.28. The first-order valence-corrected chi connectivity index (χ1v) is 10.5. The molecule has 3 aliphatic rings. The molecule has 0 aromatic rings. The highest BCUT2D eigenvalue weighted by molar-refractivity contribution is 7.89. The van der Waals surface area contributed by atoms with E-state index in [0.717, 1.165) is 45.5 Å². The summed E-state index contributed by atoms with van der Waals surface area (Å²) < 4.78 is 44.0. The van der Waals surface area contributed by atoms with Crippen molar-refractivity contribution in [3.05, 3.63) is 0 Å². The molecule has 3 rings (SSSR count). The average Bonchev–Trinajstić information content (AvgIpc) is 2.97. The third kappa shape index (κ3) is 4.07. The Labute approximate surface area is 139 Å². The lowest BCUT2D eigenvalue weighted by Gasteiger charge is -2.38. The molecule has 6 nitrogen and oxygen atoms in total. The van der Waals surface area contributed by atoms with E-state index in [2.05, 4.69) is 0 Å². The van der Waals surface area contributed by atoms with Gasteiger partial charge in [0.1, 0.15) is 6.10 Å². The monoisotopic (exact) mass is 347 g/mol. The molecule has 2 aliphatic heterocycles. The first-order valence-electron chi connectivity index (χ1n) is 8.92. The zero-order valence-electron chi connectivity index (χ0n) is 14.0. The van der Waals surface area contributed by atoms with E-state index in [0.29, 0.717) is 25.5 Å². The van der Waals surface area contributed by atoms with E-state index in [4.69, 9.17) is 14.2 Å². The van der Waals surface area contributed by atoms with Crippen LogP contribution in [0.5, 0.6) is 0 Å². The molecule has 0 aromatic carbocycles. The van der Waals surface area contributed by atoms with Crippen LogP contribution in [0, 0.1) is 5.92 Å². The predicted molar refractivity (Wildman–Crippen MR) is 86.8 cm³/mol. The molecule has 1 aliphatic carbocycles. The zero-order valence-corrected chi connectivity index (χ0v) is 14.8. The maximum atomic E-state index is 12.5. The maximum Gasteiger partial charge on any atom is 0.214 e. The molecule has 134 valence electrons. The third-order valence-electron chi connectivity index (χ3n) is 5.19. The van der Waals surface area contributed by atoms with Crippen molar-refractivity contribution in [2.45, 2.75) is 57.3 Å². The van der Waals surface area contributed by atoms with Crippen molar-refractivity contribution in [2.24, 2.45) is 5.92 Å². The molecular formula is C16H29NO5S. The van der Waals surface area contributed by atoms with E-state index in [-0.39, 0.29) is 24.0 Å². The van der Waals surface area contributed by atoms with Crippen molar-refractivity contribution in [3.63, 3.8) is 0 Å². The van der Waals surface area contributed by atoms with Crippen molar-refractivity contribution in [2.75, 3.05) is 38.7 Å². The summed E-state index contributed by atoms with van der Waals surface area (Å²) in [7, 11) is -3.17. The maximum absolute atomic E-state index is 12.5. The van der Waals surface area contributed by atoms with Gasteiger partial charge in [0.15, 0.2) is 0 Å². The van der Waals surface area contributed by atoms with Crippen molar-refractivity contribution < 1.29 is 22.6 Å². The number of hydrogen-bond acceptors (Lipinski definition) is 5. The molecule has 23 heavy (non-hydrogen) atoms. The van der Waals surface area contributed by atoms with Gasteiger partial charge in [-0.2, -0.15) is 4.31 Å². The quantitative estimate of drug-likeness (QED) is 0.727. The zero-order chi connectivity index (χ0) is 16.3. The van der Waals surface area contributed by atoms with Crippen LogP contribution in [-0.2, 0) is 24.2 Å². The van der Waals surface area contributed by atoms with Crippen molar-refractivity contribution in [1.29, 1.82) is 0 Å². The van der Waals surface area contributed by atoms with Crippen LogP contribution in [0.25, 0.3) is 0 Å². The van der Waals surface area contributed by atoms with Gasteiger partial charge < -0.3 is 14.2 Å². The Kier molecular flexibility index (Phi) is 5.96. The van der Waals surface area contributed by atoms with Gasteiger partial charge in [0.05, 0.1) is 31.1 Å².